The summed E-state index contributed by atoms with van der Waals surface area (Å²) in [5.74, 6) is 0.0995. The summed E-state index contributed by atoms with van der Waals surface area (Å²) in [6, 6.07) is 5.75. The van der Waals surface area contributed by atoms with Crippen LogP contribution in [0.4, 0.5) is 0 Å². The summed E-state index contributed by atoms with van der Waals surface area (Å²) in [6.45, 7) is 0. The summed E-state index contributed by atoms with van der Waals surface area (Å²) in [5.41, 5.74) is 0.571. The maximum atomic E-state index is 11.8. The first-order chi connectivity index (χ1) is 6.79. The molecule has 1 aliphatic carbocycles. The lowest BCUT2D eigenvalue weighted by Crippen LogP contribution is -2.48. The second-order valence-corrected chi connectivity index (χ2v) is 3.73. The number of likely N-dealkylation sites (N-methyl/N-ethyl adjacent to an activating group) is 1. The van der Waals surface area contributed by atoms with Crippen LogP contribution < -0.4 is 5.32 Å². The van der Waals surface area contributed by atoms with Crippen LogP contribution in [0, 0.1) is 0 Å². The van der Waals surface area contributed by atoms with Crippen LogP contribution in [0.15, 0.2) is 24.4 Å². The molecule has 0 spiro atoms. The lowest BCUT2D eigenvalue weighted by molar-refractivity contribution is -0.129. The minimum atomic E-state index is -0.337. The number of aromatic nitrogens is 1. The molecule has 1 aromatic rings. The van der Waals surface area contributed by atoms with E-state index in [1.165, 1.54) is 0 Å². The van der Waals surface area contributed by atoms with Crippen LogP contribution in [0.2, 0.25) is 0 Å². The van der Waals surface area contributed by atoms with E-state index in [-0.39, 0.29) is 11.3 Å². The molecule has 0 saturated heterocycles. The zero-order valence-corrected chi connectivity index (χ0v) is 8.29. The number of hydrogen-bond donors (Lipinski definition) is 1. The first-order valence-electron chi connectivity index (χ1n) is 4.93. The van der Waals surface area contributed by atoms with Crippen molar-refractivity contribution in [3.05, 3.63) is 30.1 Å². The van der Waals surface area contributed by atoms with Crippen molar-refractivity contribution in [3.63, 3.8) is 0 Å². The standard InChI is InChI=1S/C11H14N2O/c1-12-10(14)11(6-4-7-11)9-5-2-3-8-13-9/h2-3,5,8H,4,6-7H2,1H3,(H,12,14). The topological polar surface area (TPSA) is 42.0 Å². The van der Waals surface area contributed by atoms with Gasteiger partial charge in [0.1, 0.15) is 0 Å². The van der Waals surface area contributed by atoms with Crippen LogP contribution in [0.25, 0.3) is 0 Å². The van der Waals surface area contributed by atoms with Crippen LogP contribution in [0.5, 0.6) is 0 Å². The Kier molecular flexibility index (Phi) is 2.23. The Morgan fingerprint density at radius 2 is 2.29 bits per heavy atom. The van der Waals surface area contributed by atoms with E-state index in [4.69, 9.17) is 0 Å². The van der Waals surface area contributed by atoms with E-state index in [2.05, 4.69) is 10.3 Å². The Bertz CT molecular complexity index is 330. The van der Waals surface area contributed by atoms with Gasteiger partial charge < -0.3 is 5.32 Å². The van der Waals surface area contributed by atoms with Gasteiger partial charge in [-0.15, -0.1) is 0 Å². The van der Waals surface area contributed by atoms with Crippen molar-refractivity contribution < 1.29 is 4.79 Å². The Morgan fingerprint density at radius 1 is 1.50 bits per heavy atom. The molecule has 14 heavy (non-hydrogen) atoms. The highest BCUT2D eigenvalue weighted by atomic mass is 16.2. The van der Waals surface area contributed by atoms with Gasteiger partial charge in [-0.05, 0) is 25.0 Å². The van der Waals surface area contributed by atoms with E-state index in [0.29, 0.717) is 0 Å². The summed E-state index contributed by atoms with van der Waals surface area (Å²) in [5, 5.41) is 2.73. The van der Waals surface area contributed by atoms with Crippen molar-refractivity contribution >= 4 is 5.91 Å². The van der Waals surface area contributed by atoms with Crippen LogP contribution in [-0.2, 0) is 10.2 Å². The second-order valence-electron chi connectivity index (χ2n) is 3.73. The lowest BCUT2D eigenvalue weighted by Gasteiger charge is -2.39. The maximum absolute atomic E-state index is 11.8. The summed E-state index contributed by atoms with van der Waals surface area (Å²) < 4.78 is 0. The first kappa shape index (κ1) is 9.19. The molecule has 0 aromatic carbocycles. The van der Waals surface area contributed by atoms with Gasteiger partial charge in [0.05, 0.1) is 11.1 Å². The Labute approximate surface area is 83.5 Å². The third-order valence-electron chi connectivity index (χ3n) is 3.02. The molecule has 2 rings (SSSR count). The van der Waals surface area contributed by atoms with Gasteiger partial charge in [-0.1, -0.05) is 12.5 Å². The molecule has 74 valence electrons. The number of nitrogens with one attached hydrogen (secondary N) is 1. The van der Waals surface area contributed by atoms with Gasteiger partial charge in [-0.2, -0.15) is 0 Å². The second kappa shape index (κ2) is 3.40. The van der Waals surface area contributed by atoms with Gasteiger partial charge in [0.15, 0.2) is 0 Å². The molecule has 0 radical (unpaired) electrons. The van der Waals surface area contributed by atoms with Gasteiger partial charge in [-0.25, -0.2) is 0 Å². The van der Waals surface area contributed by atoms with E-state index in [1.807, 2.05) is 18.2 Å². The average Bonchev–Trinajstić information content (AvgIpc) is 2.17. The molecule has 3 heteroatoms. The monoisotopic (exact) mass is 190 g/mol. The van der Waals surface area contributed by atoms with Crippen LogP contribution in [0.1, 0.15) is 25.0 Å². The predicted octanol–water partition coefficient (Wildman–Crippen LogP) is 1.25. The van der Waals surface area contributed by atoms with Crippen LogP contribution >= 0.6 is 0 Å². The molecule has 0 aliphatic heterocycles. The highest BCUT2D eigenvalue weighted by Gasteiger charge is 2.46. The molecule has 1 amide bonds. The van der Waals surface area contributed by atoms with Gasteiger partial charge in [0.2, 0.25) is 5.91 Å². The molecule has 0 atom stereocenters. The van der Waals surface area contributed by atoms with Crippen LogP contribution in [-0.4, -0.2) is 17.9 Å². The van der Waals surface area contributed by atoms with E-state index in [0.717, 1.165) is 25.0 Å². The summed E-state index contributed by atoms with van der Waals surface area (Å²) >= 11 is 0. The van der Waals surface area contributed by atoms with Crippen molar-refractivity contribution in [2.24, 2.45) is 0 Å². The average molecular weight is 190 g/mol. The summed E-state index contributed by atoms with van der Waals surface area (Å²) in [6.07, 6.45) is 4.70. The number of nitrogens with zero attached hydrogens (tertiary/aromatic N) is 1. The number of amides is 1. The third-order valence-corrected chi connectivity index (χ3v) is 3.02. The molecular weight excluding hydrogens is 176 g/mol. The highest BCUT2D eigenvalue weighted by Crippen LogP contribution is 2.42. The molecular formula is C11H14N2O. The number of hydrogen-bond acceptors (Lipinski definition) is 2. The Morgan fingerprint density at radius 3 is 2.71 bits per heavy atom. The lowest BCUT2D eigenvalue weighted by atomic mass is 9.65. The summed E-state index contributed by atoms with van der Waals surface area (Å²) in [4.78, 5) is 16.0. The fourth-order valence-corrected chi connectivity index (χ4v) is 2.01. The SMILES string of the molecule is CNC(=O)C1(c2ccccn2)CCC1. The highest BCUT2D eigenvalue weighted by molar-refractivity contribution is 5.88. The molecule has 1 aromatic heterocycles. The van der Waals surface area contributed by atoms with Crippen molar-refractivity contribution in [3.8, 4) is 0 Å². The number of carbonyl (C=O) groups is 1. The fourth-order valence-electron chi connectivity index (χ4n) is 2.01. The van der Waals surface area contributed by atoms with E-state index in [9.17, 15) is 4.79 Å². The van der Waals surface area contributed by atoms with Gasteiger partial charge in [-0.3, -0.25) is 9.78 Å². The third kappa shape index (κ3) is 1.20. The minimum absolute atomic E-state index is 0.0995. The quantitative estimate of drug-likeness (QED) is 0.762. The Hall–Kier alpha value is -1.38. The molecule has 0 unspecified atom stereocenters. The molecule has 1 saturated carbocycles. The largest absolute Gasteiger partial charge is 0.358 e. The smallest absolute Gasteiger partial charge is 0.232 e. The van der Waals surface area contributed by atoms with Crippen molar-refractivity contribution in [2.75, 3.05) is 7.05 Å². The molecule has 3 nitrogen and oxygen atoms in total. The van der Waals surface area contributed by atoms with E-state index in [1.54, 1.807) is 13.2 Å². The van der Waals surface area contributed by atoms with Gasteiger partial charge >= 0.3 is 0 Å². The predicted molar refractivity (Wildman–Crippen MR) is 53.8 cm³/mol. The number of pyridine rings is 1. The normalized spacial score (nSPS) is 18.4. The van der Waals surface area contributed by atoms with Crippen molar-refractivity contribution in [1.29, 1.82) is 0 Å². The minimum Gasteiger partial charge on any atom is -0.358 e. The van der Waals surface area contributed by atoms with Crippen LogP contribution in [0.3, 0.4) is 0 Å². The van der Waals surface area contributed by atoms with Crippen molar-refractivity contribution in [1.82, 2.24) is 10.3 Å². The van der Waals surface area contributed by atoms with E-state index >= 15 is 0 Å². The maximum Gasteiger partial charge on any atom is 0.232 e. The van der Waals surface area contributed by atoms with Crippen molar-refractivity contribution in [2.45, 2.75) is 24.7 Å². The zero-order valence-electron chi connectivity index (χ0n) is 8.29. The molecule has 1 aliphatic rings. The molecule has 1 heterocycles. The molecule has 1 N–H and O–H groups in total. The number of carbonyl (C=O) groups excluding carboxylic acids is 1. The summed E-state index contributed by atoms with van der Waals surface area (Å²) in [7, 11) is 1.69. The van der Waals surface area contributed by atoms with Gasteiger partial charge in [0.25, 0.3) is 0 Å². The molecule has 0 bridgehead atoms. The Balaban J connectivity index is 2.34. The zero-order chi connectivity index (χ0) is 10.0. The number of rotatable bonds is 2. The fraction of sp³-hybridized carbons (Fsp3) is 0.455. The molecule has 1 fully saturated rings. The van der Waals surface area contributed by atoms with E-state index < -0.39 is 0 Å². The first-order valence-corrected chi connectivity index (χ1v) is 4.93. The van der Waals surface area contributed by atoms with Gasteiger partial charge in [0, 0.05) is 13.2 Å².